The molecular formula is C25H36O2. The van der Waals surface area contributed by atoms with Crippen molar-refractivity contribution < 1.29 is 9.59 Å². The van der Waals surface area contributed by atoms with Crippen LogP contribution in [0.4, 0.5) is 0 Å². The Balaban J connectivity index is 1.84. The molecule has 0 aromatic carbocycles. The molecule has 6 unspecified atom stereocenters. The molecule has 2 nitrogen and oxygen atoms in total. The van der Waals surface area contributed by atoms with Crippen LogP contribution >= 0.6 is 0 Å². The van der Waals surface area contributed by atoms with Gasteiger partial charge in [0.15, 0.2) is 5.78 Å². The van der Waals surface area contributed by atoms with Gasteiger partial charge in [-0.25, -0.2) is 0 Å². The number of hydrogen-bond acceptors (Lipinski definition) is 2. The van der Waals surface area contributed by atoms with Gasteiger partial charge < -0.3 is 0 Å². The highest BCUT2D eigenvalue weighted by molar-refractivity contribution is 6.01. The molecule has 0 amide bonds. The largest absolute Gasteiger partial charge is 0.298 e. The molecule has 3 aliphatic carbocycles. The molecule has 0 saturated heterocycles. The number of carbonyl (C=O) groups is 2. The van der Waals surface area contributed by atoms with E-state index in [4.69, 9.17) is 0 Å². The zero-order chi connectivity index (χ0) is 19.8. The first kappa shape index (κ1) is 20.3. The van der Waals surface area contributed by atoms with Gasteiger partial charge >= 0.3 is 0 Å². The van der Waals surface area contributed by atoms with Crippen molar-refractivity contribution in [1.82, 2.24) is 0 Å². The van der Waals surface area contributed by atoms with Crippen molar-refractivity contribution in [2.24, 2.45) is 35.0 Å². The predicted molar refractivity (Wildman–Crippen MR) is 111 cm³/mol. The van der Waals surface area contributed by atoms with Crippen molar-refractivity contribution in [2.75, 3.05) is 0 Å². The molecule has 0 N–H and O–H groups in total. The average Bonchev–Trinajstić information content (AvgIpc) is 3.04. The van der Waals surface area contributed by atoms with E-state index >= 15 is 0 Å². The summed E-state index contributed by atoms with van der Waals surface area (Å²) in [4.78, 5) is 24.3. The maximum atomic E-state index is 12.5. The van der Waals surface area contributed by atoms with Crippen molar-refractivity contribution in [2.45, 2.75) is 73.1 Å². The van der Waals surface area contributed by atoms with E-state index in [1.54, 1.807) is 6.08 Å². The van der Waals surface area contributed by atoms with Gasteiger partial charge in [0.25, 0.3) is 0 Å². The molecule has 0 heterocycles. The molecule has 1 fully saturated rings. The Morgan fingerprint density at radius 3 is 2.78 bits per heavy atom. The molecular weight excluding hydrogens is 332 g/mol. The van der Waals surface area contributed by atoms with Crippen LogP contribution in [0.15, 0.2) is 34.9 Å². The molecule has 0 bridgehead atoms. The molecule has 6 atom stereocenters. The van der Waals surface area contributed by atoms with Crippen LogP contribution in [-0.2, 0) is 9.59 Å². The van der Waals surface area contributed by atoms with Gasteiger partial charge in [0.2, 0.25) is 0 Å². The molecule has 1 saturated carbocycles. The minimum atomic E-state index is -0.214. The summed E-state index contributed by atoms with van der Waals surface area (Å²) < 4.78 is 0. The number of fused-ring (bicyclic) bond motifs is 2. The summed E-state index contributed by atoms with van der Waals surface area (Å²) in [6.45, 7) is 11.3. The maximum absolute atomic E-state index is 12.5. The Bertz CT molecular complexity index is 691. The smallest absolute Gasteiger partial charge is 0.163 e. The zero-order valence-electron chi connectivity index (χ0n) is 17.8. The van der Waals surface area contributed by atoms with Crippen molar-refractivity contribution in [3.8, 4) is 0 Å². The summed E-state index contributed by atoms with van der Waals surface area (Å²) in [6.07, 6.45) is 14.2. The first-order valence-corrected chi connectivity index (χ1v) is 10.8. The lowest BCUT2D eigenvalue weighted by Gasteiger charge is -2.41. The summed E-state index contributed by atoms with van der Waals surface area (Å²) in [5.74, 6) is 2.21. The van der Waals surface area contributed by atoms with E-state index in [2.05, 4.69) is 46.8 Å². The normalized spacial score (nSPS) is 36.7. The highest BCUT2D eigenvalue weighted by Crippen LogP contribution is 2.58. The van der Waals surface area contributed by atoms with E-state index in [1.807, 2.05) is 0 Å². The molecule has 3 rings (SSSR count). The molecule has 3 aliphatic rings. The lowest BCUT2D eigenvalue weighted by atomic mass is 9.63. The topological polar surface area (TPSA) is 34.1 Å². The van der Waals surface area contributed by atoms with E-state index in [-0.39, 0.29) is 23.0 Å². The lowest BCUT2D eigenvalue weighted by molar-refractivity contribution is -0.119. The molecule has 0 aliphatic heterocycles. The van der Waals surface area contributed by atoms with E-state index in [1.165, 1.54) is 36.8 Å². The van der Waals surface area contributed by atoms with Crippen LogP contribution in [0.2, 0.25) is 0 Å². The number of aldehydes is 1. The summed E-state index contributed by atoms with van der Waals surface area (Å²) in [7, 11) is 0. The lowest BCUT2D eigenvalue weighted by Crippen LogP contribution is -2.34. The highest BCUT2D eigenvalue weighted by Gasteiger charge is 2.50. The molecule has 2 heteroatoms. The van der Waals surface area contributed by atoms with E-state index in [0.29, 0.717) is 11.8 Å². The zero-order valence-corrected chi connectivity index (χ0v) is 17.8. The fraction of sp³-hybridized carbons (Fsp3) is 0.680. The van der Waals surface area contributed by atoms with Gasteiger partial charge in [-0.05, 0) is 100 Å². The third-order valence-corrected chi connectivity index (χ3v) is 7.82. The van der Waals surface area contributed by atoms with Crippen LogP contribution in [0.1, 0.15) is 73.1 Å². The third kappa shape index (κ3) is 3.91. The Morgan fingerprint density at radius 1 is 1.37 bits per heavy atom. The van der Waals surface area contributed by atoms with Gasteiger partial charge in [0.1, 0.15) is 6.29 Å². The summed E-state index contributed by atoms with van der Waals surface area (Å²) in [6, 6.07) is 0. The average molecular weight is 369 g/mol. The van der Waals surface area contributed by atoms with Gasteiger partial charge in [-0.2, -0.15) is 0 Å². The second-order valence-electron chi connectivity index (χ2n) is 9.94. The second kappa shape index (κ2) is 7.89. The minimum Gasteiger partial charge on any atom is -0.298 e. The summed E-state index contributed by atoms with van der Waals surface area (Å²) in [5, 5.41) is 0. The summed E-state index contributed by atoms with van der Waals surface area (Å²) in [5.41, 5.74) is 3.60. The van der Waals surface area contributed by atoms with Gasteiger partial charge in [-0.3, -0.25) is 9.59 Å². The fourth-order valence-electron chi connectivity index (χ4n) is 6.21. The molecule has 0 aromatic heterocycles. The number of carbonyl (C=O) groups excluding carboxylic acids is 2. The third-order valence-electron chi connectivity index (χ3n) is 7.82. The van der Waals surface area contributed by atoms with E-state index in [0.717, 1.165) is 30.6 Å². The van der Waals surface area contributed by atoms with E-state index < -0.39 is 0 Å². The Hall–Kier alpha value is -1.44. The first-order valence-electron chi connectivity index (χ1n) is 10.8. The van der Waals surface area contributed by atoms with Gasteiger partial charge in [0, 0.05) is 0 Å². The number of rotatable bonds is 5. The number of ketones is 1. The van der Waals surface area contributed by atoms with Crippen molar-refractivity contribution >= 4 is 12.1 Å². The van der Waals surface area contributed by atoms with Gasteiger partial charge in [-0.15, -0.1) is 0 Å². The molecule has 27 heavy (non-hydrogen) atoms. The maximum Gasteiger partial charge on any atom is 0.163 e. The monoisotopic (exact) mass is 368 g/mol. The Morgan fingerprint density at radius 2 is 2.11 bits per heavy atom. The minimum absolute atomic E-state index is 0.141. The van der Waals surface area contributed by atoms with Crippen LogP contribution in [0.25, 0.3) is 0 Å². The van der Waals surface area contributed by atoms with Crippen LogP contribution in [-0.4, -0.2) is 12.1 Å². The molecule has 148 valence electrons. The van der Waals surface area contributed by atoms with Crippen LogP contribution in [0, 0.1) is 35.0 Å². The second-order valence-corrected chi connectivity index (χ2v) is 9.94. The SMILES string of the molecule is CC(C)=CCCC(C)C1CCC2(C)CC3C(C)=CC(=O)C3C(C=O)=CCC12. The van der Waals surface area contributed by atoms with Crippen LogP contribution in [0.3, 0.4) is 0 Å². The van der Waals surface area contributed by atoms with Crippen molar-refractivity contribution in [1.29, 1.82) is 0 Å². The Kier molecular flexibility index (Phi) is 5.93. The van der Waals surface area contributed by atoms with Gasteiger partial charge in [-0.1, -0.05) is 37.1 Å². The predicted octanol–water partition coefficient (Wildman–Crippen LogP) is 6.08. The molecule has 0 spiro atoms. The van der Waals surface area contributed by atoms with E-state index in [9.17, 15) is 9.59 Å². The van der Waals surface area contributed by atoms with Gasteiger partial charge in [0.05, 0.1) is 5.92 Å². The molecule has 0 radical (unpaired) electrons. The summed E-state index contributed by atoms with van der Waals surface area (Å²) >= 11 is 0. The quantitative estimate of drug-likeness (QED) is 0.435. The first-order chi connectivity index (χ1) is 12.8. The number of hydrogen-bond donors (Lipinski definition) is 0. The number of allylic oxidation sites excluding steroid dienone is 6. The molecule has 0 aromatic rings. The van der Waals surface area contributed by atoms with Crippen LogP contribution in [0.5, 0.6) is 0 Å². The highest BCUT2D eigenvalue weighted by atomic mass is 16.1. The van der Waals surface area contributed by atoms with Crippen molar-refractivity contribution in [3.63, 3.8) is 0 Å². The fourth-order valence-corrected chi connectivity index (χ4v) is 6.21. The standard InChI is InChI=1S/C25H36O2/c1-16(2)7-6-8-17(3)20-11-12-25(5)14-21-18(4)13-23(27)24(21)19(15-26)9-10-22(20)25/h7,9,13,15,17,20-22,24H,6,8,10-12,14H2,1-5H3. The Labute approximate surface area is 165 Å². The van der Waals surface area contributed by atoms with Crippen LogP contribution < -0.4 is 0 Å². The van der Waals surface area contributed by atoms with Crippen molar-refractivity contribution in [3.05, 3.63) is 34.9 Å².